The third-order valence-electron chi connectivity index (χ3n) is 5.43. The van der Waals surface area contributed by atoms with Gasteiger partial charge in [-0.15, -0.1) is 5.10 Å². The van der Waals surface area contributed by atoms with Gasteiger partial charge < -0.3 is 14.7 Å². The third-order valence-corrected chi connectivity index (χ3v) is 5.43. The molecule has 8 heteroatoms. The SMILES string of the molecule is Cc1ccc(-n2cc(C(=O)N3C[C@H]4COCC[C@@]4(C(=O)O)C3)nn2)cc1. The van der Waals surface area contributed by atoms with Gasteiger partial charge in [0.15, 0.2) is 5.69 Å². The molecule has 1 aromatic carbocycles. The van der Waals surface area contributed by atoms with Crippen LogP contribution in [0.1, 0.15) is 22.5 Å². The number of carbonyl (C=O) groups excluding carboxylic acids is 1. The first kappa shape index (κ1) is 16.7. The molecule has 2 fully saturated rings. The number of aryl methyl sites for hydroxylation is 1. The van der Waals surface area contributed by atoms with Crippen molar-refractivity contribution >= 4 is 11.9 Å². The van der Waals surface area contributed by atoms with Gasteiger partial charge in [-0.05, 0) is 25.5 Å². The summed E-state index contributed by atoms with van der Waals surface area (Å²) in [6.07, 6.45) is 2.01. The molecule has 1 N–H and O–H groups in total. The molecule has 2 saturated heterocycles. The van der Waals surface area contributed by atoms with Crippen molar-refractivity contribution in [2.45, 2.75) is 13.3 Å². The van der Waals surface area contributed by atoms with Crippen LogP contribution in [-0.2, 0) is 9.53 Å². The molecule has 26 heavy (non-hydrogen) atoms. The second-order valence-electron chi connectivity index (χ2n) is 7.05. The molecule has 2 aliphatic rings. The first-order valence-corrected chi connectivity index (χ1v) is 8.59. The number of rotatable bonds is 3. The van der Waals surface area contributed by atoms with Gasteiger partial charge in [0.1, 0.15) is 0 Å². The summed E-state index contributed by atoms with van der Waals surface area (Å²) in [5, 5.41) is 17.7. The molecule has 4 rings (SSSR count). The minimum absolute atomic E-state index is 0.187. The zero-order chi connectivity index (χ0) is 18.3. The minimum atomic E-state index is -0.916. The number of nitrogens with zero attached hydrogens (tertiary/aromatic N) is 4. The van der Waals surface area contributed by atoms with E-state index in [0.29, 0.717) is 26.2 Å². The Bertz CT molecular complexity index is 847. The zero-order valence-electron chi connectivity index (χ0n) is 14.5. The molecular weight excluding hydrogens is 336 g/mol. The largest absolute Gasteiger partial charge is 0.481 e. The molecule has 1 aromatic heterocycles. The van der Waals surface area contributed by atoms with Crippen LogP contribution in [0, 0.1) is 18.3 Å². The second kappa shape index (κ2) is 6.21. The number of hydrogen-bond acceptors (Lipinski definition) is 5. The molecule has 2 aliphatic heterocycles. The lowest BCUT2D eigenvalue weighted by Crippen LogP contribution is -2.45. The van der Waals surface area contributed by atoms with E-state index in [9.17, 15) is 14.7 Å². The Morgan fingerprint density at radius 2 is 2.08 bits per heavy atom. The molecule has 136 valence electrons. The van der Waals surface area contributed by atoms with E-state index in [1.807, 2.05) is 31.2 Å². The maximum atomic E-state index is 12.8. The number of amides is 1. The van der Waals surface area contributed by atoms with Crippen molar-refractivity contribution in [2.24, 2.45) is 11.3 Å². The normalized spacial score (nSPS) is 25.1. The first-order chi connectivity index (χ1) is 12.5. The maximum absolute atomic E-state index is 12.8. The minimum Gasteiger partial charge on any atom is -0.481 e. The summed E-state index contributed by atoms with van der Waals surface area (Å²) < 4.78 is 6.98. The average Bonchev–Trinajstić information content (AvgIpc) is 3.27. The lowest BCUT2D eigenvalue weighted by molar-refractivity contribution is -0.157. The van der Waals surface area contributed by atoms with E-state index in [2.05, 4.69) is 10.3 Å². The summed E-state index contributed by atoms with van der Waals surface area (Å²) >= 11 is 0. The predicted molar refractivity (Wildman–Crippen MR) is 91.0 cm³/mol. The predicted octanol–water partition coefficient (Wildman–Crippen LogP) is 1.14. The Balaban J connectivity index is 1.55. The van der Waals surface area contributed by atoms with Crippen molar-refractivity contribution < 1.29 is 19.4 Å². The molecule has 1 amide bonds. The molecule has 0 spiro atoms. The van der Waals surface area contributed by atoms with Crippen LogP contribution in [0.5, 0.6) is 0 Å². The molecule has 2 atom stereocenters. The fourth-order valence-electron chi connectivity index (χ4n) is 3.80. The van der Waals surface area contributed by atoms with Crippen LogP contribution in [0.25, 0.3) is 5.69 Å². The van der Waals surface area contributed by atoms with Crippen molar-refractivity contribution in [1.82, 2.24) is 19.9 Å². The number of likely N-dealkylation sites (tertiary alicyclic amines) is 1. The summed E-state index contributed by atoms with van der Waals surface area (Å²) in [6, 6.07) is 7.72. The molecule has 8 nitrogen and oxygen atoms in total. The lowest BCUT2D eigenvalue weighted by atomic mass is 9.74. The summed E-state index contributed by atoms with van der Waals surface area (Å²) in [4.78, 5) is 26.3. The standard InChI is InChI=1S/C18H20N4O4/c1-12-2-4-14(5-3-12)22-9-15(19-20-22)16(23)21-8-13-10-26-7-6-18(13,11-21)17(24)25/h2-5,9,13H,6-8,10-11H2,1H3,(H,24,25)/t13-,18+/m0/s1. The quantitative estimate of drug-likeness (QED) is 0.886. The summed E-state index contributed by atoms with van der Waals surface area (Å²) in [5.41, 5.74) is 1.24. The van der Waals surface area contributed by atoms with Crippen molar-refractivity contribution in [1.29, 1.82) is 0 Å². The Hall–Kier alpha value is -2.74. The molecule has 0 radical (unpaired) electrons. The lowest BCUT2D eigenvalue weighted by Gasteiger charge is -2.33. The number of benzene rings is 1. The highest BCUT2D eigenvalue weighted by molar-refractivity contribution is 5.93. The number of hydrogen-bond donors (Lipinski definition) is 1. The molecule has 0 aliphatic carbocycles. The number of carbonyl (C=O) groups is 2. The van der Waals surface area contributed by atoms with Crippen LogP contribution in [0.15, 0.2) is 30.5 Å². The fourth-order valence-corrected chi connectivity index (χ4v) is 3.80. The van der Waals surface area contributed by atoms with Gasteiger partial charge >= 0.3 is 5.97 Å². The van der Waals surface area contributed by atoms with Crippen LogP contribution in [-0.4, -0.2) is 63.2 Å². The van der Waals surface area contributed by atoms with E-state index >= 15 is 0 Å². The van der Waals surface area contributed by atoms with Gasteiger partial charge in [-0.1, -0.05) is 22.9 Å². The summed E-state index contributed by atoms with van der Waals surface area (Å²) in [7, 11) is 0. The number of aromatic nitrogens is 3. The first-order valence-electron chi connectivity index (χ1n) is 8.59. The third kappa shape index (κ3) is 2.66. The van der Waals surface area contributed by atoms with E-state index in [0.717, 1.165) is 11.3 Å². The van der Waals surface area contributed by atoms with Gasteiger partial charge in [0.05, 0.1) is 23.9 Å². The number of carboxylic acid groups (broad SMARTS) is 1. The van der Waals surface area contributed by atoms with E-state index in [4.69, 9.17) is 4.74 Å². The van der Waals surface area contributed by atoms with Gasteiger partial charge in [0.2, 0.25) is 0 Å². The van der Waals surface area contributed by atoms with Crippen LogP contribution >= 0.6 is 0 Å². The second-order valence-corrected chi connectivity index (χ2v) is 7.05. The highest BCUT2D eigenvalue weighted by Gasteiger charge is 2.55. The number of aliphatic carboxylic acids is 1. The maximum Gasteiger partial charge on any atom is 0.311 e. The Kier molecular flexibility index (Phi) is 3.99. The van der Waals surface area contributed by atoms with Gasteiger partial charge in [0.25, 0.3) is 5.91 Å². The number of ether oxygens (including phenoxy) is 1. The smallest absolute Gasteiger partial charge is 0.311 e. The van der Waals surface area contributed by atoms with Crippen LogP contribution in [0.4, 0.5) is 0 Å². The van der Waals surface area contributed by atoms with Crippen LogP contribution in [0.2, 0.25) is 0 Å². The molecular formula is C18H20N4O4. The van der Waals surface area contributed by atoms with E-state index in [1.54, 1.807) is 15.8 Å². The van der Waals surface area contributed by atoms with Crippen LogP contribution < -0.4 is 0 Å². The van der Waals surface area contributed by atoms with Gasteiger partial charge in [-0.25, -0.2) is 4.68 Å². The Morgan fingerprint density at radius 3 is 2.77 bits per heavy atom. The van der Waals surface area contributed by atoms with Gasteiger partial charge in [0, 0.05) is 25.6 Å². The molecule has 0 saturated carbocycles. The highest BCUT2D eigenvalue weighted by Crippen LogP contribution is 2.42. The monoisotopic (exact) mass is 356 g/mol. The average molecular weight is 356 g/mol. The van der Waals surface area contributed by atoms with Crippen molar-refractivity contribution in [3.8, 4) is 5.69 Å². The summed E-state index contributed by atoms with van der Waals surface area (Å²) in [5.74, 6) is -1.34. The molecule has 0 unspecified atom stereocenters. The van der Waals surface area contributed by atoms with Crippen LogP contribution in [0.3, 0.4) is 0 Å². The van der Waals surface area contributed by atoms with Crippen molar-refractivity contribution in [3.63, 3.8) is 0 Å². The number of fused-ring (bicyclic) bond motifs is 1. The summed E-state index contributed by atoms with van der Waals surface area (Å²) in [6.45, 7) is 3.32. The molecule has 3 heterocycles. The Morgan fingerprint density at radius 1 is 1.31 bits per heavy atom. The highest BCUT2D eigenvalue weighted by atomic mass is 16.5. The van der Waals surface area contributed by atoms with Crippen molar-refractivity contribution in [3.05, 3.63) is 41.7 Å². The topological polar surface area (TPSA) is 97.5 Å². The molecule has 2 aromatic rings. The van der Waals surface area contributed by atoms with Gasteiger partial charge in [-0.2, -0.15) is 0 Å². The zero-order valence-corrected chi connectivity index (χ0v) is 14.5. The van der Waals surface area contributed by atoms with E-state index in [1.165, 1.54) is 0 Å². The van der Waals surface area contributed by atoms with Crippen molar-refractivity contribution in [2.75, 3.05) is 26.3 Å². The van der Waals surface area contributed by atoms with E-state index in [-0.39, 0.29) is 24.1 Å². The van der Waals surface area contributed by atoms with Gasteiger partial charge in [-0.3, -0.25) is 9.59 Å². The fraction of sp³-hybridized carbons (Fsp3) is 0.444. The Labute approximate surface area is 150 Å². The van der Waals surface area contributed by atoms with E-state index < -0.39 is 11.4 Å². The number of carboxylic acids is 1. The molecule has 0 bridgehead atoms.